The number of rotatable bonds is 1. The molecule has 0 saturated carbocycles. The van der Waals surface area contributed by atoms with Gasteiger partial charge >= 0.3 is 0 Å². The molecule has 17 heavy (non-hydrogen) atoms. The van der Waals surface area contributed by atoms with Crippen molar-refractivity contribution < 1.29 is 0 Å². The van der Waals surface area contributed by atoms with Crippen LogP contribution in [0.25, 0.3) is 0 Å². The van der Waals surface area contributed by atoms with Crippen LogP contribution in [-0.4, -0.2) is 0 Å². The van der Waals surface area contributed by atoms with Crippen molar-refractivity contribution in [3.8, 4) is 11.8 Å². The highest BCUT2D eigenvalue weighted by atomic mass is 79.9. The SMILES string of the molecule is Cc1cc(CC#Cc2ccccc2)ccc1Br. The van der Waals surface area contributed by atoms with Gasteiger partial charge in [-0.2, -0.15) is 0 Å². The van der Waals surface area contributed by atoms with Gasteiger partial charge in [-0.1, -0.05) is 58.1 Å². The third-order valence-corrected chi connectivity index (χ3v) is 3.41. The highest BCUT2D eigenvalue weighted by Gasteiger charge is 1.95. The summed E-state index contributed by atoms with van der Waals surface area (Å²) in [6.45, 7) is 2.10. The molecule has 0 amide bonds. The van der Waals surface area contributed by atoms with Gasteiger partial charge in [-0.05, 0) is 36.2 Å². The first-order valence-electron chi connectivity index (χ1n) is 5.54. The lowest BCUT2D eigenvalue weighted by Gasteiger charge is -2.00. The first-order chi connectivity index (χ1) is 8.25. The summed E-state index contributed by atoms with van der Waals surface area (Å²) in [4.78, 5) is 0. The number of benzene rings is 2. The minimum absolute atomic E-state index is 0.795. The molecule has 0 radical (unpaired) electrons. The number of hydrogen-bond donors (Lipinski definition) is 0. The van der Waals surface area contributed by atoms with Crippen LogP contribution in [0.2, 0.25) is 0 Å². The van der Waals surface area contributed by atoms with E-state index in [1.54, 1.807) is 0 Å². The van der Waals surface area contributed by atoms with Crippen LogP contribution >= 0.6 is 15.9 Å². The molecule has 0 aliphatic rings. The molecule has 1 heteroatoms. The zero-order valence-electron chi connectivity index (χ0n) is 9.70. The van der Waals surface area contributed by atoms with Gasteiger partial charge in [0.15, 0.2) is 0 Å². The molecule has 84 valence electrons. The van der Waals surface area contributed by atoms with Crippen LogP contribution in [0, 0.1) is 18.8 Å². The maximum absolute atomic E-state index is 3.50. The smallest absolute Gasteiger partial charge is 0.0344 e. The Morgan fingerprint density at radius 1 is 1.06 bits per heavy atom. The van der Waals surface area contributed by atoms with Gasteiger partial charge in [0.1, 0.15) is 0 Å². The van der Waals surface area contributed by atoms with Gasteiger partial charge < -0.3 is 0 Å². The van der Waals surface area contributed by atoms with E-state index in [0.29, 0.717) is 0 Å². The zero-order chi connectivity index (χ0) is 12.1. The van der Waals surface area contributed by atoms with Crippen LogP contribution in [0.1, 0.15) is 16.7 Å². The highest BCUT2D eigenvalue weighted by molar-refractivity contribution is 9.10. The lowest BCUT2D eigenvalue weighted by Crippen LogP contribution is -1.84. The van der Waals surface area contributed by atoms with Crippen molar-refractivity contribution in [1.82, 2.24) is 0 Å². The van der Waals surface area contributed by atoms with Crippen molar-refractivity contribution in [2.45, 2.75) is 13.3 Å². The Labute approximate surface area is 111 Å². The van der Waals surface area contributed by atoms with Crippen molar-refractivity contribution in [3.05, 3.63) is 69.7 Å². The minimum Gasteiger partial charge on any atom is -0.0931 e. The Morgan fingerprint density at radius 2 is 1.82 bits per heavy atom. The Bertz CT molecular complexity index is 559. The van der Waals surface area contributed by atoms with Crippen LogP contribution < -0.4 is 0 Å². The number of aryl methyl sites for hydroxylation is 1. The Morgan fingerprint density at radius 3 is 2.53 bits per heavy atom. The molecule has 0 heterocycles. The molecule has 0 N–H and O–H groups in total. The summed E-state index contributed by atoms with van der Waals surface area (Å²) in [6.07, 6.45) is 0.795. The van der Waals surface area contributed by atoms with Gasteiger partial charge in [0.25, 0.3) is 0 Å². The van der Waals surface area contributed by atoms with Crippen LogP contribution in [-0.2, 0) is 6.42 Å². The second-order valence-corrected chi connectivity index (χ2v) is 4.78. The van der Waals surface area contributed by atoms with Crippen LogP contribution in [0.3, 0.4) is 0 Å². The summed E-state index contributed by atoms with van der Waals surface area (Å²) in [5, 5.41) is 0. The van der Waals surface area contributed by atoms with Crippen molar-refractivity contribution in [1.29, 1.82) is 0 Å². The molecule has 0 spiro atoms. The van der Waals surface area contributed by atoms with Gasteiger partial charge in [-0.15, -0.1) is 0 Å². The van der Waals surface area contributed by atoms with Crippen molar-refractivity contribution in [2.75, 3.05) is 0 Å². The quantitative estimate of drug-likeness (QED) is 0.683. The van der Waals surface area contributed by atoms with E-state index in [1.165, 1.54) is 11.1 Å². The summed E-state index contributed by atoms with van der Waals surface area (Å²) in [5.74, 6) is 6.36. The summed E-state index contributed by atoms with van der Waals surface area (Å²) in [5.41, 5.74) is 3.58. The largest absolute Gasteiger partial charge is 0.0931 e. The number of hydrogen-bond acceptors (Lipinski definition) is 0. The summed E-state index contributed by atoms with van der Waals surface area (Å²) in [6, 6.07) is 16.4. The molecule has 0 unspecified atom stereocenters. The van der Waals surface area contributed by atoms with E-state index in [2.05, 4.69) is 52.9 Å². The second-order valence-electron chi connectivity index (χ2n) is 3.93. The maximum atomic E-state index is 3.50. The Hall–Kier alpha value is -1.52. The molecule has 0 saturated heterocycles. The van der Waals surface area contributed by atoms with Gasteiger partial charge in [0.2, 0.25) is 0 Å². The molecule has 0 aromatic heterocycles. The average Bonchev–Trinajstić information content (AvgIpc) is 2.35. The predicted octanol–water partition coefficient (Wildman–Crippen LogP) is 4.35. The summed E-state index contributed by atoms with van der Waals surface area (Å²) >= 11 is 3.50. The fourth-order valence-corrected chi connectivity index (χ4v) is 1.83. The second kappa shape index (κ2) is 5.70. The van der Waals surface area contributed by atoms with Crippen LogP contribution in [0.5, 0.6) is 0 Å². The first kappa shape index (κ1) is 12.0. The molecule has 0 aliphatic carbocycles. The van der Waals surface area contributed by atoms with Crippen molar-refractivity contribution in [3.63, 3.8) is 0 Å². The van der Waals surface area contributed by atoms with Crippen LogP contribution in [0.15, 0.2) is 53.0 Å². The third-order valence-electron chi connectivity index (χ3n) is 2.52. The molecule has 0 bridgehead atoms. The van der Waals surface area contributed by atoms with E-state index in [1.807, 2.05) is 30.3 Å². The molecule has 2 aromatic rings. The van der Waals surface area contributed by atoms with E-state index in [-0.39, 0.29) is 0 Å². The Balaban J connectivity index is 2.08. The van der Waals surface area contributed by atoms with Crippen molar-refractivity contribution in [2.24, 2.45) is 0 Å². The summed E-state index contributed by atoms with van der Waals surface area (Å²) in [7, 11) is 0. The molecule has 0 atom stereocenters. The minimum atomic E-state index is 0.795. The maximum Gasteiger partial charge on any atom is 0.0344 e. The average molecular weight is 285 g/mol. The standard InChI is InChI=1S/C16H13Br/c1-13-12-15(10-11-16(13)17)9-5-8-14-6-3-2-4-7-14/h2-4,6-7,10-12H,9H2,1H3. The third kappa shape index (κ3) is 3.47. The monoisotopic (exact) mass is 284 g/mol. The molecule has 0 fully saturated rings. The van der Waals surface area contributed by atoms with E-state index in [0.717, 1.165) is 16.5 Å². The fraction of sp³-hybridized carbons (Fsp3) is 0.125. The normalized spacial score (nSPS) is 9.53. The van der Waals surface area contributed by atoms with Gasteiger partial charge in [-0.3, -0.25) is 0 Å². The van der Waals surface area contributed by atoms with E-state index in [9.17, 15) is 0 Å². The fourth-order valence-electron chi connectivity index (χ4n) is 1.59. The zero-order valence-corrected chi connectivity index (χ0v) is 11.3. The van der Waals surface area contributed by atoms with E-state index >= 15 is 0 Å². The molecular weight excluding hydrogens is 272 g/mol. The van der Waals surface area contributed by atoms with E-state index in [4.69, 9.17) is 0 Å². The summed E-state index contributed by atoms with van der Waals surface area (Å²) < 4.78 is 1.15. The molecule has 2 rings (SSSR count). The Kier molecular flexibility index (Phi) is 4.01. The van der Waals surface area contributed by atoms with Crippen molar-refractivity contribution >= 4 is 15.9 Å². The number of halogens is 1. The molecule has 0 aliphatic heterocycles. The molecule has 2 aromatic carbocycles. The van der Waals surface area contributed by atoms with Gasteiger partial charge in [0, 0.05) is 16.5 Å². The van der Waals surface area contributed by atoms with Crippen LogP contribution in [0.4, 0.5) is 0 Å². The topological polar surface area (TPSA) is 0 Å². The highest BCUT2D eigenvalue weighted by Crippen LogP contribution is 2.17. The molecule has 0 nitrogen and oxygen atoms in total. The lowest BCUT2D eigenvalue weighted by molar-refractivity contribution is 1.27. The lowest BCUT2D eigenvalue weighted by atomic mass is 10.1. The molecular formula is C16H13Br. The first-order valence-corrected chi connectivity index (χ1v) is 6.34. The predicted molar refractivity (Wildman–Crippen MR) is 75.9 cm³/mol. The van der Waals surface area contributed by atoms with Gasteiger partial charge in [0.05, 0.1) is 0 Å². The van der Waals surface area contributed by atoms with E-state index < -0.39 is 0 Å². The van der Waals surface area contributed by atoms with Gasteiger partial charge in [-0.25, -0.2) is 0 Å².